The molecule has 0 atom stereocenters. The number of hydrogen-bond donors (Lipinski definition) is 0. The summed E-state index contributed by atoms with van der Waals surface area (Å²) in [6.07, 6.45) is -0.574. The molecule has 0 radical (unpaired) electrons. The standard InChI is InChI=1S/C20H14F3N2/c21-20(22,23)16-9-6-10-17(13-16)25-18(15-7-2-1-3-8-15)14-24-12-5-4-11-19(24)25/h1-14H/q+1. The van der Waals surface area contributed by atoms with Crippen LogP contribution in [0.1, 0.15) is 5.56 Å². The Hall–Kier alpha value is -3.08. The minimum Gasteiger partial charge on any atom is -0.202 e. The maximum Gasteiger partial charge on any atom is 0.416 e. The van der Waals surface area contributed by atoms with Gasteiger partial charge in [-0.15, -0.1) is 0 Å². The van der Waals surface area contributed by atoms with Crippen molar-refractivity contribution in [3.05, 3.63) is 90.8 Å². The van der Waals surface area contributed by atoms with Crippen molar-refractivity contribution in [2.45, 2.75) is 6.18 Å². The largest absolute Gasteiger partial charge is 0.416 e. The lowest BCUT2D eigenvalue weighted by atomic mass is 10.1. The van der Waals surface area contributed by atoms with Crippen LogP contribution in [0.5, 0.6) is 0 Å². The molecule has 2 heterocycles. The van der Waals surface area contributed by atoms with E-state index in [1.54, 1.807) is 6.07 Å². The highest BCUT2D eigenvalue weighted by molar-refractivity contribution is 5.65. The van der Waals surface area contributed by atoms with E-state index in [0.717, 1.165) is 23.0 Å². The quantitative estimate of drug-likeness (QED) is 0.459. The molecule has 2 aromatic carbocycles. The van der Waals surface area contributed by atoms with Crippen LogP contribution >= 0.6 is 0 Å². The van der Waals surface area contributed by atoms with E-state index in [0.29, 0.717) is 5.69 Å². The first-order chi connectivity index (χ1) is 12.0. The van der Waals surface area contributed by atoms with Crippen LogP contribution in [0, 0.1) is 0 Å². The van der Waals surface area contributed by atoms with Crippen LogP contribution in [-0.4, -0.2) is 4.57 Å². The van der Waals surface area contributed by atoms with E-state index in [2.05, 4.69) is 0 Å². The van der Waals surface area contributed by atoms with Gasteiger partial charge in [0.25, 0.3) is 5.65 Å². The molecule has 4 aromatic rings. The molecule has 124 valence electrons. The third-order valence-corrected chi connectivity index (χ3v) is 4.10. The van der Waals surface area contributed by atoms with Crippen LogP contribution in [0.15, 0.2) is 85.2 Å². The zero-order chi connectivity index (χ0) is 17.4. The van der Waals surface area contributed by atoms with Crippen molar-refractivity contribution in [3.63, 3.8) is 0 Å². The zero-order valence-corrected chi connectivity index (χ0v) is 13.1. The van der Waals surface area contributed by atoms with Gasteiger partial charge in [-0.2, -0.15) is 17.7 Å². The summed E-state index contributed by atoms with van der Waals surface area (Å²) in [5.74, 6) is 0. The number of pyridine rings is 1. The van der Waals surface area contributed by atoms with Crippen LogP contribution in [0.4, 0.5) is 13.2 Å². The Labute approximate surface area is 142 Å². The Kier molecular flexibility index (Phi) is 3.57. The minimum atomic E-state index is -4.38. The molecule has 0 bridgehead atoms. The first kappa shape index (κ1) is 15.4. The van der Waals surface area contributed by atoms with Crippen molar-refractivity contribution in [1.82, 2.24) is 4.57 Å². The smallest absolute Gasteiger partial charge is 0.202 e. The maximum absolute atomic E-state index is 13.1. The average Bonchev–Trinajstić information content (AvgIpc) is 3.01. The van der Waals surface area contributed by atoms with Gasteiger partial charge >= 0.3 is 6.18 Å². The number of rotatable bonds is 2. The first-order valence-electron chi connectivity index (χ1n) is 7.79. The Bertz CT molecular complexity index is 1030. The Morgan fingerprint density at radius 1 is 0.800 bits per heavy atom. The van der Waals surface area contributed by atoms with Crippen molar-refractivity contribution in [2.75, 3.05) is 0 Å². The molecule has 2 aromatic heterocycles. The van der Waals surface area contributed by atoms with Crippen molar-refractivity contribution < 1.29 is 17.6 Å². The number of halogens is 3. The second-order valence-corrected chi connectivity index (χ2v) is 5.73. The summed E-state index contributed by atoms with van der Waals surface area (Å²) in [5.41, 5.74) is 2.37. The van der Waals surface area contributed by atoms with E-state index >= 15 is 0 Å². The molecule has 0 N–H and O–H groups in total. The molecule has 0 saturated heterocycles. The normalized spacial score (nSPS) is 11.8. The zero-order valence-electron chi connectivity index (χ0n) is 13.1. The molecule has 0 aliphatic carbocycles. The molecular weight excluding hydrogens is 325 g/mol. The van der Waals surface area contributed by atoms with Gasteiger partial charge in [0, 0.05) is 11.6 Å². The maximum atomic E-state index is 13.1. The number of nitrogens with zero attached hydrogens (tertiary/aromatic N) is 2. The van der Waals surface area contributed by atoms with Gasteiger partial charge < -0.3 is 0 Å². The molecule has 0 amide bonds. The highest BCUT2D eigenvalue weighted by Gasteiger charge is 2.31. The van der Waals surface area contributed by atoms with E-state index in [9.17, 15) is 13.2 Å². The molecule has 2 nitrogen and oxygen atoms in total. The van der Waals surface area contributed by atoms with Gasteiger partial charge in [-0.3, -0.25) is 0 Å². The van der Waals surface area contributed by atoms with Crippen LogP contribution in [0.2, 0.25) is 0 Å². The lowest BCUT2D eigenvalue weighted by Gasteiger charge is -2.08. The summed E-state index contributed by atoms with van der Waals surface area (Å²) in [6, 6.07) is 20.7. The monoisotopic (exact) mass is 339 g/mol. The van der Waals surface area contributed by atoms with E-state index in [1.165, 1.54) is 12.1 Å². The number of fused-ring (bicyclic) bond motifs is 1. The summed E-state index contributed by atoms with van der Waals surface area (Å²) in [6.45, 7) is 0. The van der Waals surface area contributed by atoms with E-state index < -0.39 is 11.7 Å². The first-order valence-corrected chi connectivity index (χ1v) is 7.79. The number of imidazole rings is 1. The highest BCUT2D eigenvalue weighted by Crippen LogP contribution is 2.32. The fourth-order valence-corrected chi connectivity index (χ4v) is 2.96. The molecule has 0 saturated carbocycles. The van der Waals surface area contributed by atoms with Gasteiger partial charge in [-0.1, -0.05) is 42.5 Å². The lowest BCUT2D eigenvalue weighted by molar-refractivity contribution is -0.510. The average molecular weight is 339 g/mol. The molecule has 0 aliphatic rings. The third kappa shape index (κ3) is 2.78. The lowest BCUT2D eigenvalue weighted by Crippen LogP contribution is -2.17. The van der Waals surface area contributed by atoms with Crippen LogP contribution in [-0.2, 0) is 6.18 Å². The Balaban J connectivity index is 2.01. The van der Waals surface area contributed by atoms with E-state index in [4.69, 9.17) is 0 Å². The Morgan fingerprint density at radius 3 is 2.32 bits per heavy atom. The molecule has 4 rings (SSSR count). The van der Waals surface area contributed by atoms with Gasteiger partial charge in [0.15, 0.2) is 5.69 Å². The second kappa shape index (κ2) is 5.77. The topological polar surface area (TPSA) is 9.03 Å². The van der Waals surface area contributed by atoms with Gasteiger partial charge in [0.2, 0.25) is 0 Å². The number of hydrogen-bond acceptors (Lipinski definition) is 0. The predicted molar refractivity (Wildman–Crippen MR) is 89.4 cm³/mol. The number of aromatic nitrogens is 2. The fourth-order valence-electron chi connectivity index (χ4n) is 2.96. The summed E-state index contributed by atoms with van der Waals surface area (Å²) in [5, 5.41) is 0. The van der Waals surface area contributed by atoms with Crippen LogP contribution < -0.4 is 4.40 Å². The number of alkyl halides is 3. The predicted octanol–water partition coefficient (Wildman–Crippen LogP) is 4.90. The molecule has 0 fully saturated rings. The van der Waals surface area contributed by atoms with E-state index in [-0.39, 0.29) is 0 Å². The molecule has 0 unspecified atom stereocenters. The fraction of sp³-hybridized carbons (Fsp3) is 0.0500. The van der Waals surface area contributed by atoms with Crippen LogP contribution in [0.25, 0.3) is 22.6 Å². The van der Waals surface area contributed by atoms with Crippen molar-refractivity contribution in [1.29, 1.82) is 0 Å². The molecular formula is C20H14F3N2+. The molecule has 25 heavy (non-hydrogen) atoms. The summed E-state index contributed by atoms with van der Waals surface area (Å²) in [4.78, 5) is 0. The Morgan fingerprint density at radius 2 is 1.56 bits per heavy atom. The summed E-state index contributed by atoms with van der Waals surface area (Å²) in [7, 11) is 0. The number of benzene rings is 2. The van der Waals surface area contributed by atoms with Crippen LogP contribution in [0.3, 0.4) is 0 Å². The van der Waals surface area contributed by atoms with Crippen molar-refractivity contribution >= 4 is 5.65 Å². The second-order valence-electron chi connectivity index (χ2n) is 5.73. The van der Waals surface area contributed by atoms with Gasteiger partial charge in [-0.25, -0.2) is 4.40 Å². The SMILES string of the molecule is FC(F)(F)c1cccc(-n2c(-c3ccccc3)c[n+]3ccccc23)c1. The molecule has 0 aliphatic heterocycles. The minimum absolute atomic E-state index is 0.474. The highest BCUT2D eigenvalue weighted by atomic mass is 19.4. The van der Waals surface area contributed by atoms with Gasteiger partial charge in [-0.05, 0) is 24.3 Å². The third-order valence-electron chi connectivity index (χ3n) is 4.10. The van der Waals surface area contributed by atoms with Crippen molar-refractivity contribution in [3.8, 4) is 16.9 Å². The summed E-state index contributed by atoms with van der Waals surface area (Å²) < 4.78 is 43.1. The molecule has 5 heteroatoms. The van der Waals surface area contributed by atoms with Crippen molar-refractivity contribution in [2.24, 2.45) is 0 Å². The van der Waals surface area contributed by atoms with E-state index in [1.807, 2.05) is 69.9 Å². The van der Waals surface area contributed by atoms with Gasteiger partial charge in [0.1, 0.15) is 11.9 Å². The summed E-state index contributed by atoms with van der Waals surface area (Å²) >= 11 is 0. The van der Waals surface area contributed by atoms with Gasteiger partial charge in [0.05, 0.1) is 11.8 Å². The molecule has 0 spiro atoms.